The van der Waals surface area contributed by atoms with Crippen molar-refractivity contribution in [2.24, 2.45) is 0 Å². The molecule has 2 unspecified atom stereocenters. The van der Waals surface area contributed by atoms with Crippen molar-refractivity contribution < 1.29 is 17.9 Å². The largest absolute Gasteiger partial charge is 0.372 e. The lowest BCUT2D eigenvalue weighted by Gasteiger charge is -2.35. The molecule has 2 atom stereocenters. The molecule has 0 radical (unpaired) electrons. The van der Waals surface area contributed by atoms with Crippen molar-refractivity contribution in [2.75, 3.05) is 19.3 Å². The molecule has 0 aliphatic carbocycles. The summed E-state index contributed by atoms with van der Waals surface area (Å²) >= 11 is 0. The van der Waals surface area contributed by atoms with Gasteiger partial charge in [0.2, 0.25) is 0 Å². The molecule has 0 bridgehead atoms. The second-order valence-electron chi connectivity index (χ2n) is 5.27. The van der Waals surface area contributed by atoms with Crippen LogP contribution >= 0.6 is 0 Å². The molecule has 1 amide bonds. The quantitative estimate of drug-likeness (QED) is 0.826. The van der Waals surface area contributed by atoms with Crippen LogP contribution in [0.2, 0.25) is 0 Å². The van der Waals surface area contributed by atoms with Crippen LogP contribution < -0.4 is 0 Å². The predicted octanol–water partition coefficient (Wildman–Crippen LogP) is 1.34. The lowest BCUT2D eigenvalue weighted by molar-refractivity contribution is -0.0586. The fraction of sp³-hybridized carbons (Fsp3) is 0.500. The molecule has 0 N–H and O–H groups in total. The first-order valence-electron chi connectivity index (χ1n) is 6.52. The van der Waals surface area contributed by atoms with E-state index in [1.54, 1.807) is 17.0 Å². The van der Waals surface area contributed by atoms with Gasteiger partial charge in [0.1, 0.15) is 0 Å². The van der Waals surface area contributed by atoms with E-state index in [4.69, 9.17) is 4.74 Å². The summed E-state index contributed by atoms with van der Waals surface area (Å²) in [6.07, 6.45) is 1.11. The molecule has 1 aromatic carbocycles. The Morgan fingerprint density at radius 2 is 1.85 bits per heavy atom. The van der Waals surface area contributed by atoms with Crippen LogP contribution in [0, 0.1) is 0 Å². The fourth-order valence-electron chi connectivity index (χ4n) is 2.39. The van der Waals surface area contributed by atoms with Crippen LogP contribution in [0.3, 0.4) is 0 Å². The Hall–Kier alpha value is -1.40. The standard InChI is InChI=1S/C14H19NO4S/c1-10-8-15(9-11(2)19-10)14(16)12-5-4-6-13(7-12)20(3,17)18/h4-7,10-11H,8-9H2,1-3H3. The molecule has 1 heterocycles. The van der Waals surface area contributed by atoms with Crippen molar-refractivity contribution >= 4 is 15.7 Å². The Labute approximate surface area is 119 Å². The van der Waals surface area contributed by atoms with Crippen molar-refractivity contribution in [2.45, 2.75) is 31.0 Å². The van der Waals surface area contributed by atoms with Crippen LogP contribution in [0.5, 0.6) is 0 Å². The van der Waals surface area contributed by atoms with Crippen LogP contribution in [0.1, 0.15) is 24.2 Å². The molecule has 1 aromatic rings. The third-order valence-corrected chi connectivity index (χ3v) is 4.33. The fourth-order valence-corrected chi connectivity index (χ4v) is 3.05. The van der Waals surface area contributed by atoms with Crippen molar-refractivity contribution in [3.05, 3.63) is 29.8 Å². The molecule has 0 saturated carbocycles. The summed E-state index contributed by atoms with van der Waals surface area (Å²) in [7, 11) is -3.31. The van der Waals surface area contributed by atoms with E-state index in [1.807, 2.05) is 13.8 Å². The van der Waals surface area contributed by atoms with Crippen LogP contribution in [0.25, 0.3) is 0 Å². The average Bonchev–Trinajstić information content (AvgIpc) is 2.36. The van der Waals surface area contributed by atoms with Gasteiger partial charge in [-0.2, -0.15) is 0 Å². The van der Waals surface area contributed by atoms with E-state index in [2.05, 4.69) is 0 Å². The number of nitrogens with zero attached hydrogens (tertiary/aromatic N) is 1. The molecule has 1 aliphatic rings. The summed E-state index contributed by atoms with van der Waals surface area (Å²) in [5.41, 5.74) is 0.397. The average molecular weight is 297 g/mol. The number of rotatable bonds is 2. The van der Waals surface area contributed by atoms with Crippen LogP contribution in [0.4, 0.5) is 0 Å². The summed E-state index contributed by atoms with van der Waals surface area (Å²) in [5, 5.41) is 0. The molecule has 20 heavy (non-hydrogen) atoms. The van der Waals surface area contributed by atoms with Gasteiger partial charge in [-0.15, -0.1) is 0 Å². The van der Waals surface area contributed by atoms with E-state index in [0.717, 1.165) is 6.26 Å². The van der Waals surface area contributed by atoms with E-state index in [-0.39, 0.29) is 23.0 Å². The first kappa shape index (κ1) is 15.0. The number of ether oxygens (including phenoxy) is 1. The molecule has 1 fully saturated rings. The maximum absolute atomic E-state index is 12.4. The minimum Gasteiger partial charge on any atom is -0.372 e. The van der Waals surface area contributed by atoms with Crippen LogP contribution in [-0.4, -0.2) is 50.8 Å². The van der Waals surface area contributed by atoms with Crippen molar-refractivity contribution in [1.29, 1.82) is 0 Å². The van der Waals surface area contributed by atoms with Gasteiger partial charge < -0.3 is 9.64 Å². The second-order valence-corrected chi connectivity index (χ2v) is 7.28. The van der Waals surface area contributed by atoms with E-state index in [0.29, 0.717) is 18.7 Å². The van der Waals surface area contributed by atoms with Gasteiger partial charge in [-0.25, -0.2) is 8.42 Å². The normalized spacial score (nSPS) is 23.6. The highest BCUT2D eigenvalue weighted by Crippen LogP contribution is 2.17. The van der Waals surface area contributed by atoms with Gasteiger partial charge in [-0.3, -0.25) is 4.79 Å². The topological polar surface area (TPSA) is 63.7 Å². The summed E-state index contributed by atoms with van der Waals surface area (Å²) in [6.45, 7) is 4.88. The molecular weight excluding hydrogens is 278 g/mol. The van der Waals surface area contributed by atoms with Crippen LogP contribution in [-0.2, 0) is 14.6 Å². The smallest absolute Gasteiger partial charge is 0.254 e. The third kappa shape index (κ3) is 3.37. The number of hydrogen-bond donors (Lipinski definition) is 0. The number of morpholine rings is 1. The summed E-state index contributed by atoms with van der Waals surface area (Å²) in [5.74, 6) is -0.155. The number of benzene rings is 1. The molecule has 6 heteroatoms. The highest BCUT2D eigenvalue weighted by molar-refractivity contribution is 7.90. The highest BCUT2D eigenvalue weighted by Gasteiger charge is 2.26. The zero-order valence-electron chi connectivity index (χ0n) is 11.9. The van der Waals surface area contributed by atoms with Crippen molar-refractivity contribution in [1.82, 2.24) is 4.90 Å². The van der Waals surface area contributed by atoms with Gasteiger partial charge in [-0.1, -0.05) is 6.07 Å². The monoisotopic (exact) mass is 297 g/mol. The number of sulfone groups is 1. The van der Waals surface area contributed by atoms with E-state index >= 15 is 0 Å². The third-order valence-electron chi connectivity index (χ3n) is 3.22. The van der Waals surface area contributed by atoms with E-state index in [9.17, 15) is 13.2 Å². The minimum absolute atomic E-state index is 0.0132. The molecule has 2 rings (SSSR count). The van der Waals surface area contributed by atoms with Crippen molar-refractivity contribution in [3.63, 3.8) is 0 Å². The van der Waals surface area contributed by atoms with Gasteiger partial charge in [-0.05, 0) is 32.0 Å². The van der Waals surface area contributed by atoms with Gasteiger partial charge in [0, 0.05) is 24.9 Å². The van der Waals surface area contributed by atoms with Gasteiger partial charge in [0.25, 0.3) is 5.91 Å². The first-order chi connectivity index (χ1) is 9.27. The Morgan fingerprint density at radius 3 is 2.40 bits per heavy atom. The Kier molecular flexibility index (Phi) is 4.15. The minimum atomic E-state index is -3.31. The first-order valence-corrected chi connectivity index (χ1v) is 8.41. The number of carbonyl (C=O) groups excluding carboxylic acids is 1. The molecular formula is C14H19NO4S. The SMILES string of the molecule is CC1CN(C(=O)c2cccc(S(C)(=O)=O)c2)CC(C)O1. The molecule has 0 spiro atoms. The maximum atomic E-state index is 12.4. The highest BCUT2D eigenvalue weighted by atomic mass is 32.2. The van der Waals surface area contributed by atoms with Gasteiger partial charge in [0.15, 0.2) is 9.84 Å². The van der Waals surface area contributed by atoms with E-state index < -0.39 is 9.84 Å². The molecule has 110 valence electrons. The zero-order chi connectivity index (χ0) is 14.9. The Morgan fingerprint density at radius 1 is 1.25 bits per heavy atom. The second kappa shape index (κ2) is 5.54. The molecule has 5 nitrogen and oxygen atoms in total. The Balaban J connectivity index is 2.25. The lowest BCUT2D eigenvalue weighted by atomic mass is 10.1. The number of amides is 1. The number of hydrogen-bond acceptors (Lipinski definition) is 4. The number of carbonyl (C=O) groups is 1. The van der Waals surface area contributed by atoms with E-state index in [1.165, 1.54) is 12.1 Å². The van der Waals surface area contributed by atoms with Crippen molar-refractivity contribution in [3.8, 4) is 0 Å². The summed E-state index contributed by atoms with van der Waals surface area (Å²) in [6, 6.07) is 6.16. The molecule has 1 saturated heterocycles. The van der Waals surface area contributed by atoms with Crippen LogP contribution in [0.15, 0.2) is 29.2 Å². The van der Waals surface area contributed by atoms with Gasteiger partial charge in [0.05, 0.1) is 17.1 Å². The zero-order valence-corrected chi connectivity index (χ0v) is 12.7. The molecule has 0 aromatic heterocycles. The lowest BCUT2D eigenvalue weighted by Crippen LogP contribution is -2.48. The summed E-state index contributed by atoms with van der Waals surface area (Å²) < 4.78 is 28.7. The van der Waals surface area contributed by atoms with Gasteiger partial charge >= 0.3 is 0 Å². The predicted molar refractivity (Wildman–Crippen MR) is 75.5 cm³/mol. The summed E-state index contributed by atoms with van der Waals surface area (Å²) in [4.78, 5) is 14.3. The Bertz CT molecular complexity index is 601. The maximum Gasteiger partial charge on any atom is 0.254 e. The molecule has 1 aliphatic heterocycles.